The predicted octanol–water partition coefficient (Wildman–Crippen LogP) is 3.86. The van der Waals surface area contributed by atoms with E-state index in [0.717, 1.165) is 25.2 Å². The number of hydrogen-bond donors (Lipinski definition) is 0. The van der Waals surface area contributed by atoms with Gasteiger partial charge in [0.1, 0.15) is 5.82 Å². The molecule has 1 fully saturated rings. The Labute approximate surface area is 167 Å². The Kier molecular flexibility index (Phi) is 6.50. The molecule has 1 atom stereocenters. The van der Waals surface area contributed by atoms with Gasteiger partial charge >= 0.3 is 0 Å². The molecule has 5 nitrogen and oxygen atoms in total. The van der Waals surface area contributed by atoms with Crippen LogP contribution in [0.5, 0.6) is 0 Å². The van der Waals surface area contributed by atoms with Crippen molar-refractivity contribution in [1.29, 1.82) is 0 Å². The molecule has 1 aliphatic rings. The first kappa shape index (κ1) is 20.5. The van der Waals surface area contributed by atoms with E-state index in [9.17, 15) is 9.18 Å². The van der Waals surface area contributed by atoms with Crippen LogP contribution in [-0.2, 0) is 17.9 Å². The Hall–Kier alpha value is -2.21. The second kappa shape index (κ2) is 8.86. The largest absolute Gasteiger partial charge is 0.334 e. The molecule has 0 aliphatic carbocycles. The van der Waals surface area contributed by atoms with Crippen molar-refractivity contribution < 1.29 is 9.18 Å². The van der Waals surface area contributed by atoms with E-state index in [0.29, 0.717) is 24.9 Å². The number of halogens is 1. The Morgan fingerprint density at radius 1 is 1.14 bits per heavy atom. The summed E-state index contributed by atoms with van der Waals surface area (Å²) in [7, 11) is 0. The molecule has 152 valence electrons. The highest BCUT2D eigenvalue weighted by Gasteiger charge is 2.32. The molecule has 1 amide bonds. The van der Waals surface area contributed by atoms with Gasteiger partial charge < -0.3 is 9.47 Å². The average molecular weight is 387 g/mol. The molecule has 1 saturated heterocycles. The molecule has 2 aromatic rings. The zero-order valence-corrected chi connectivity index (χ0v) is 17.3. The predicted molar refractivity (Wildman–Crippen MR) is 108 cm³/mol. The quantitative estimate of drug-likeness (QED) is 0.757. The summed E-state index contributed by atoms with van der Waals surface area (Å²) in [6.45, 7) is 11.5. The maximum absolute atomic E-state index is 13.2. The van der Waals surface area contributed by atoms with Crippen LogP contribution < -0.4 is 0 Å². The van der Waals surface area contributed by atoms with E-state index in [1.54, 1.807) is 12.1 Å². The highest BCUT2D eigenvalue weighted by molar-refractivity contribution is 5.77. The van der Waals surface area contributed by atoms with E-state index in [4.69, 9.17) is 0 Å². The fourth-order valence-corrected chi connectivity index (χ4v) is 3.89. The van der Waals surface area contributed by atoms with E-state index >= 15 is 0 Å². The fraction of sp³-hybridized carbons (Fsp3) is 0.545. The topological polar surface area (TPSA) is 41.4 Å². The third kappa shape index (κ3) is 4.79. The van der Waals surface area contributed by atoms with Crippen LogP contribution in [0, 0.1) is 11.7 Å². The highest BCUT2D eigenvalue weighted by Crippen LogP contribution is 2.22. The molecule has 0 spiro atoms. The van der Waals surface area contributed by atoms with E-state index in [1.165, 1.54) is 17.8 Å². The van der Waals surface area contributed by atoms with Crippen LogP contribution in [0.2, 0.25) is 0 Å². The SMILES string of the molecule is CC(C)[C@@H]1CN(Cc2cncn2C(C)C)CCC(=O)N1Cc1ccc(F)cc1. The summed E-state index contributed by atoms with van der Waals surface area (Å²) >= 11 is 0. The number of nitrogens with zero attached hydrogens (tertiary/aromatic N) is 4. The summed E-state index contributed by atoms with van der Waals surface area (Å²) in [6.07, 6.45) is 4.30. The van der Waals surface area contributed by atoms with Crippen molar-refractivity contribution in [2.24, 2.45) is 5.92 Å². The van der Waals surface area contributed by atoms with Gasteiger partial charge in [0.2, 0.25) is 5.91 Å². The molecule has 1 aromatic carbocycles. The number of hydrogen-bond acceptors (Lipinski definition) is 3. The minimum absolute atomic E-state index is 0.121. The van der Waals surface area contributed by atoms with Gasteiger partial charge in [0.15, 0.2) is 0 Å². The molecule has 1 aliphatic heterocycles. The zero-order valence-electron chi connectivity index (χ0n) is 17.3. The molecule has 0 N–H and O–H groups in total. The molecule has 28 heavy (non-hydrogen) atoms. The van der Waals surface area contributed by atoms with Crippen LogP contribution in [0.25, 0.3) is 0 Å². The lowest BCUT2D eigenvalue weighted by atomic mass is 10.0. The molecule has 0 saturated carbocycles. The third-order valence-electron chi connectivity index (χ3n) is 5.53. The Morgan fingerprint density at radius 3 is 2.50 bits per heavy atom. The first-order chi connectivity index (χ1) is 13.3. The normalized spacial score (nSPS) is 18.9. The second-order valence-corrected chi connectivity index (χ2v) is 8.33. The molecule has 6 heteroatoms. The minimum atomic E-state index is -0.251. The highest BCUT2D eigenvalue weighted by atomic mass is 19.1. The van der Waals surface area contributed by atoms with Crippen molar-refractivity contribution in [2.45, 2.75) is 59.3 Å². The summed E-state index contributed by atoms with van der Waals surface area (Å²) < 4.78 is 15.4. The molecule has 3 rings (SSSR count). The van der Waals surface area contributed by atoms with Crippen LogP contribution in [0.3, 0.4) is 0 Å². The minimum Gasteiger partial charge on any atom is -0.334 e. The monoisotopic (exact) mass is 386 g/mol. The van der Waals surface area contributed by atoms with Crippen LogP contribution in [-0.4, -0.2) is 44.4 Å². The van der Waals surface area contributed by atoms with Gasteiger partial charge in [0, 0.05) is 50.9 Å². The summed E-state index contributed by atoms with van der Waals surface area (Å²) in [5.74, 6) is 0.252. The number of carbonyl (C=O) groups is 1. The van der Waals surface area contributed by atoms with Gasteiger partial charge in [0.05, 0.1) is 12.0 Å². The first-order valence-corrected chi connectivity index (χ1v) is 10.1. The van der Waals surface area contributed by atoms with E-state index < -0.39 is 0 Å². The summed E-state index contributed by atoms with van der Waals surface area (Å²) in [4.78, 5) is 21.6. The van der Waals surface area contributed by atoms with Crippen LogP contribution >= 0.6 is 0 Å². The van der Waals surface area contributed by atoms with E-state index in [2.05, 4.69) is 42.1 Å². The van der Waals surface area contributed by atoms with Gasteiger partial charge in [-0.05, 0) is 37.5 Å². The fourth-order valence-electron chi connectivity index (χ4n) is 3.89. The molecular weight excluding hydrogens is 355 g/mol. The van der Waals surface area contributed by atoms with Crippen molar-refractivity contribution in [3.8, 4) is 0 Å². The number of carbonyl (C=O) groups excluding carboxylic acids is 1. The smallest absolute Gasteiger partial charge is 0.224 e. The van der Waals surface area contributed by atoms with Crippen LogP contribution in [0.1, 0.15) is 51.4 Å². The number of rotatable bonds is 6. The number of benzene rings is 1. The molecule has 0 radical (unpaired) electrons. The third-order valence-corrected chi connectivity index (χ3v) is 5.53. The van der Waals surface area contributed by atoms with Crippen LogP contribution in [0.15, 0.2) is 36.8 Å². The van der Waals surface area contributed by atoms with Crippen molar-refractivity contribution in [1.82, 2.24) is 19.4 Å². The number of imidazole rings is 1. The van der Waals surface area contributed by atoms with Gasteiger partial charge in [-0.3, -0.25) is 9.69 Å². The van der Waals surface area contributed by atoms with Gasteiger partial charge in [-0.15, -0.1) is 0 Å². The van der Waals surface area contributed by atoms with Crippen molar-refractivity contribution >= 4 is 5.91 Å². The van der Waals surface area contributed by atoms with E-state index in [1.807, 2.05) is 17.4 Å². The van der Waals surface area contributed by atoms with Gasteiger partial charge in [-0.25, -0.2) is 9.37 Å². The second-order valence-electron chi connectivity index (χ2n) is 8.33. The maximum Gasteiger partial charge on any atom is 0.224 e. The number of amides is 1. The average Bonchev–Trinajstić information content (AvgIpc) is 3.05. The summed E-state index contributed by atoms with van der Waals surface area (Å²) in [6, 6.07) is 6.94. The Bertz CT molecular complexity index is 784. The summed E-state index contributed by atoms with van der Waals surface area (Å²) in [5.41, 5.74) is 2.14. The van der Waals surface area contributed by atoms with E-state index in [-0.39, 0.29) is 17.8 Å². The van der Waals surface area contributed by atoms with Crippen molar-refractivity contribution in [2.75, 3.05) is 13.1 Å². The van der Waals surface area contributed by atoms with Gasteiger partial charge in [-0.2, -0.15) is 0 Å². The van der Waals surface area contributed by atoms with Crippen LogP contribution in [0.4, 0.5) is 4.39 Å². The van der Waals surface area contributed by atoms with Gasteiger partial charge in [0.25, 0.3) is 0 Å². The first-order valence-electron chi connectivity index (χ1n) is 10.1. The Morgan fingerprint density at radius 2 is 1.86 bits per heavy atom. The van der Waals surface area contributed by atoms with Gasteiger partial charge in [-0.1, -0.05) is 26.0 Å². The summed E-state index contributed by atoms with van der Waals surface area (Å²) in [5, 5.41) is 0. The molecule has 2 heterocycles. The molecule has 1 aromatic heterocycles. The van der Waals surface area contributed by atoms with Crippen molar-refractivity contribution in [3.63, 3.8) is 0 Å². The van der Waals surface area contributed by atoms with Crippen molar-refractivity contribution in [3.05, 3.63) is 53.9 Å². The molecular formula is C22H31FN4O. The molecule has 0 bridgehead atoms. The zero-order chi connectivity index (χ0) is 20.3. The Balaban J connectivity index is 1.77. The lowest BCUT2D eigenvalue weighted by Crippen LogP contribution is -2.45. The number of aromatic nitrogens is 2. The maximum atomic E-state index is 13.2. The molecule has 0 unspecified atom stereocenters. The lowest BCUT2D eigenvalue weighted by molar-refractivity contribution is -0.134. The standard InChI is InChI=1S/C22H31FN4O/c1-16(2)21-14-25(13-20-11-24-15-27(20)17(3)4)10-9-22(28)26(21)12-18-5-7-19(23)8-6-18/h5-8,11,15-17,21H,9-10,12-14H2,1-4H3/t21-/m0/s1. The lowest BCUT2D eigenvalue weighted by Gasteiger charge is -2.35.